The molecule has 0 aliphatic heterocycles. The van der Waals surface area contributed by atoms with Crippen molar-refractivity contribution in [2.45, 2.75) is 324 Å². The van der Waals surface area contributed by atoms with E-state index in [1.165, 1.54) is 109 Å². The molecule has 0 aliphatic carbocycles. The smallest absolute Gasteiger partial charge is 0.462 e. The van der Waals surface area contributed by atoms with E-state index >= 15 is 0 Å². The van der Waals surface area contributed by atoms with Crippen LogP contribution in [-0.2, 0) is 65.4 Å². The van der Waals surface area contributed by atoms with Crippen molar-refractivity contribution in [3.8, 4) is 0 Å². The molecule has 0 amide bonds. The first-order valence-electron chi connectivity index (χ1n) is 32.8. The standard InChI is InChI=1S/C63H122O17P2/c1-8-9-10-27-37-44-60(65)73-50-58(79-63(68)47-40-33-26-20-19-23-30-36-43-56(6)7)52-77-81(69,70)75-48-57(64)49-76-82(71,72)78-53-59(51-74-61(66)45-38-31-24-18-14-16-22-29-35-42-55(4)5)80-62(67)46-39-32-25-17-13-11-12-15-21-28-34-41-54(2)3/h54-59,64H,8-53H2,1-7H3,(H,69,70)(H,71,72)/t57-,58+,59+/m0/s1. The van der Waals surface area contributed by atoms with Gasteiger partial charge in [-0.05, 0) is 43.4 Å². The number of phosphoric ester groups is 2. The summed E-state index contributed by atoms with van der Waals surface area (Å²) >= 11 is 0. The summed E-state index contributed by atoms with van der Waals surface area (Å²) in [7, 11) is -9.88. The van der Waals surface area contributed by atoms with Crippen LogP contribution >= 0.6 is 15.6 Å². The first-order chi connectivity index (χ1) is 39.2. The van der Waals surface area contributed by atoms with Gasteiger partial charge in [0.2, 0.25) is 0 Å². The van der Waals surface area contributed by atoms with E-state index in [0.29, 0.717) is 25.7 Å². The van der Waals surface area contributed by atoms with Crippen LogP contribution in [0.1, 0.15) is 305 Å². The lowest BCUT2D eigenvalue weighted by Crippen LogP contribution is -2.30. The van der Waals surface area contributed by atoms with E-state index in [1.54, 1.807) is 0 Å². The van der Waals surface area contributed by atoms with Crippen LogP contribution in [0.4, 0.5) is 0 Å². The van der Waals surface area contributed by atoms with Crippen molar-refractivity contribution in [3.05, 3.63) is 0 Å². The van der Waals surface area contributed by atoms with Crippen molar-refractivity contribution in [2.75, 3.05) is 39.6 Å². The summed E-state index contributed by atoms with van der Waals surface area (Å²) in [6.45, 7) is 11.6. The van der Waals surface area contributed by atoms with Gasteiger partial charge in [0.1, 0.15) is 19.3 Å². The summed E-state index contributed by atoms with van der Waals surface area (Å²) in [6.07, 6.45) is 35.2. The minimum absolute atomic E-state index is 0.103. The molecule has 3 N–H and O–H groups in total. The van der Waals surface area contributed by atoms with Gasteiger partial charge in [0, 0.05) is 25.7 Å². The van der Waals surface area contributed by atoms with Crippen molar-refractivity contribution >= 4 is 39.5 Å². The van der Waals surface area contributed by atoms with Crippen molar-refractivity contribution < 1.29 is 80.2 Å². The molecule has 19 heteroatoms. The molecule has 0 radical (unpaired) electrons. The number of hydrogen-bond acceptors (Lipinski definition) is 15. The molecular formula is C63H122O17P2. The SMILES string of the molecule is CCCCCCCC(=O)OC[C@H](COP(=O)(O)OC[C@H](O)COP(=O)(O)OC[C@@H](COC(=O)CCCCCCCCCCCC(C)C)OC(=O)CCCCCCCCCCCCCC(C)C)OC(=O)CCCCCCCCCCC(C)C. The van der Waals surface area contributed by atoms with Crippen molar-refractivity contribution in [3.63, 3.8) is 0 Å². The molecule has 5 atom stereocenters. The van der Waals surface area contributed by atoms with E-state index in [4.69, 9.17) is 37.0 Å². The molecule has 486 valence electrons. The molecule has 0 bridgehead atoms. The molecular weight excluding hydrogens is 1090 g/mol. The summed E-state index contributed by atoms with van der Waals surface area (Å²) in [5.74, 6) is 0.0792. The van der Waals surface area contributed by atoms with Crippen LogP contribution in [0.15, 0.2) is 0 Å². The fourth-order valence-corrected chi connectivity index (χ4v) is 10.9. The maximum atomic E-state index is 13.0. The van der Waals surface area contributed by atoms with E-state index in [-0.39, 0.29) is 25.7 Å². The van der Waals surface area contributed by atoms with Gasteiger partial charge in [-0.2, -0.15) is 0 Å². The van der Waals surface area contributed by atoms with Gasteiger partial charge in [-0.15, -0.1) is 0 Å². The van der Waals surface area contributed by atoms with E-state index in [9.17, 15) is 43.2 Å². The molecule has 0 aromatic rings. The molecule has 0 aliphatic rings. The Labute approximate surface area is 498 Å². The van der Waals surface area contributed by atoms with Crippen LogP contribution in [-0.4, -0.2) is 96.7 Å². The Morgan fingerprint density at radius 2 is 0.561 bits per heavy atom. The lowest BCUT2D eigenvalue weighted by atomic mass is 10.0. The Bertz CT molecular complexity index is 1630. The second-order valence-corrected chi connectivity index (χ2v) is 27.1. The van der Waals surface area contributed by atoms with Crippen LogP contribution in [0.2, 0.25) is 0 Å². The highest BCUT2D eigenvalue weighted by molar-refractivity contribution is 7.47. The average molecular weight is 1210 g/mol. The molecule has 0 aromatic carbocycles. The van der Waals surface area contributed by atoms with Crippen LogP contribution in [0, 0.1) is 17.8 Å². The number of rotatable bonds is 61. The highest BCUT2D eigenvalue weighted by Crippen LogP contribution is 2.45. The zero-order chi connectivity index (χ0) is 61.0. The second kappa shape index (κ2) is 54.5. The molecule has 0 fully saturated rings. The number of esters is 4. The van der Waals surface area contributed by atoms with Crippen LogP contribution in [0.25, 0.3) is 0 Å². The van der Waals surface area contributed by atoms with Gasteiger partial charge in [0.25, 0.3) is 0 Å². The second-order valence-electron chi connectivity index (χ2n) is 24.2. The summed E-state index contributed by atoms with van der Waals surface area (Å²) in [5.41, 5.74) is 0. The third-order valence-corrected chi connectivity index (χ3v) is 16.3. The highest BCUT2D eigenvalue weighted by Gasteiger charge is 2.30. The number of unbranched alkanes of at least 4 members (excludes halogenated alkanes) is 29. The highest BCUT2D eigenvalue weighted by atomic mass is 31.2. The summed E-state index contributed by atoms with van der Waals surface area (Å²) in [4.78, 5) is 71.9. The third-order valence-electron chi connectivity index (χ3n) is 14.4. The monoisotopic (exact) mass is 1210 g/mol. The predicted octanol–water partition coefficient (Wildman–Crippen LogP) is 17.1. The van der Waals surface area contributed by atoms with Gasteiger partial charge < -0.3 is 33.8 Å². The van der Waals surface area contributed by atoms with Gasteiger partial charge in [0.05, 0.1) is 26.4 Å². The van der Waals surface area contributed by atoms with Crippen molar-refractivity contribution in [1.82, 2.24) is 0 Å². The van der Waals surface area contributed by atoms with Crippen LogP contribution in [0.5, 0.6) is 0 Å². The molecule has 0 saturated carbocycles. The van der Waals surface area contributed by atoms with Crippen LogP contribution in [0.3, 0.4) is 0 Å². The minimum atomic E-state index is -4.94. The molecule has 82 heavy (non-hydrogen) atoms. The lowest BCUT2D eigenvalue weighted by molar-refractivity contribution is -0.161. The molecule has 0 saturated heterocycles. The van der Waals surface area contributed by atoms with Crippen molar-refractivity contribution in [2.24, 2.45) is 17.8 Å². The number of hydrogen-bond donors (Lipinski definition) is 3. The Hall–Kier alpha value is -1.94. The fraction of sp³-hybridized carbons (Fsp3) is 0.937. The molecule has 2 unspecified atom stereocenters. The van der Waals surface area contributed by atoms with Crippen LogP contribution < -0.4 is 0 Å². The number of phosphoric acid groups is 2. The Kier molecular flexibility index (Phi) is 53.2. The number of carbonyl (C=O) groups excluding carboxylic acids is 4. The number of aliphatic hydroxyl groups is 1. The summed E-state index contributed by atoms with van der Waals surface area (Å²) in [5, 5.41) is 10.5. The molecule has 0 heterocycles. The Morgan fingerprint density at radius 1 is 0.329 bits per heavy atom. The van der Waals surface area contributed by atoms with Crippen molar-refractivity contribution in [1.29, 1.82) is 0 Å². The zero-order valence-corrected chi connectivity index (χ0v) is 54.7. The maximum absolute atomic E-state index is 13.0. The van der Waals surface area contributed by atoms with Gasteiger partial charge in [-0.25, -0.2) is 9.13 Å². The van der Waals surface area contributed by atoms with E-state index in [2.05, 4.69) is 48.5 Å². The number of ether oxygens (including phenoxy) is 4. The predicted molar refractivity (Wildman–Crippen MR) is 326 cm³/mol. The summed E-state index contributed by atoms with van der Waals surface area (Å²) < 4.78 is 67.8. The van der Waals surface area contributed by atoms with E-state index in [1.807, 2.05) is 0 Å². The number of carbonyl (C=O) groups is 4. The Balaban J connectivity index is 5.19. The first kappa shape index (κ1) is 80.1. The van der Waals surface area contributed by atoms with E-state index in [0.717, 1.165) is 114 Å². The normalized spacial score (nSPS) is 14.4. The third kappa shape index (κ3) is 57.2. The molecule has 0 aromatic heterocycles. The molecule has 17 nitrogen and oxygen atoms in total. The van der Waals surface area contributed by atoms with Gasteiger partial charge in [0.15, 0.2) is 12.2 Å². The van der Waals surface area contributed by atoms with Gasteiger partial charge in [-0.1, -0.05) is 254 Å². The first-order valence-corrected chi connectivity index (χ1v) is 35.8. The van der Waals surface area contributed by atoms with Gasteiger partial charge >= 0.3 is 39.5 Å². The lowest BCUT2D eigenvalue weighted by Gasteiger charge is -2.21. The van der Waals surface area contributed by atoms with E-state index < -0.39 is 97.5 Å². The largest absolute Gasteiger partial charge is 0.472 e. The number of aliphatic hydroxyl groups excluding tert-OH is 1. The Morgan fingerprint density at radius 3 is 0.829 bits per heavy atom. The topological polar surface area (TPSA) is 237 Å². The molecule has 0 spiro atoms. The molecule has 0 rings (SSSR count). The average Bonchev–Trinajstić information content (AvgIpc) is 3.43. The summed E-state index contributed by atoms with van der Waals surface area (Å²) in [6, 6.07) is 0. The quantitative estimate of drug-likeness (QED) is 0.0222. The fourth-order valence-electron chi connectivity index (χ4n) is 9.30. The van der Waals surface area contributed by atoms with Gasteiger partial charge in [-0.3, -0.25) is 37.3 Å². The minimum Gasteiger partial charge on any atom is -0.462 e. The zero-order valence-electron chi connectivity index (χ0n) is 52.9. The maximum Gasteiger partial charge on any atom is 0.472 e.